The van der Waals surface area contributed by atoms with E-state index in [1.807, 2.05) is 0 Å². The Labute approximate surface area is 434 Å². The van der Waals surface area contributed by atoms with Crippen molar-refractivity contribution in [3.05, 3.63) is 72.9 Å². The van der Waals surface area contributed by atoms with Gasteiger partial charge in [0, 0.05) is 6.42 Å². The molecule has 0 saturated heterocycles. The van der Waals surface area contributed by atoms with Gasteiger partial charge in [-0.25, -0.2) is 0 Å². The summed E-state index contributed by atoms with van der Waals surface area (Å²) in [5.41, 5.74) is 0. The van der Waals surface area contributed by atoms with Crippen molar-refractivity contribution in [1.29, 1.82) is 0 Å². The van der Waals surface area contributed by atoms with Crippen LogP contribution in [0.1, 0.15) is 297 Å². The number of esters is 1. The van der Waals surface area contributed by atoms with E-state index < -0.39 is 18.2 Å². The van der Waals surface area contributed by atoms with Crippen LogP contribution in [0.25, 0.3) is 0 Å². The highest BCUT2D eigenvalue weighted by Crippen LogP contribution is 2.18. The SMILES string of the molecule is CCCCC/C=C\C/C=C\C/C=C\C/C=C\CCCCCC(=O)OC(CCCCC/C=C/C=C/CCCCCCCCC)CC(=O)NC(CO)C(O)CCCCCCCCCCCCCCCCCC. The number of aliphatic hydroxyl groups excluding tert-OH is 2. The second kappa shape index (κ2) is 57.2. The van der Waals surface area contributed by atoms with E-state index in [4.69, 9.17) is 4.74 Å². The molecule has 3 unspecified atom stereocenters. The molecule has 406 valence electrons. The summed E-state index contributed by atoms with van der Waals surface area (Å²) in [7, 11) is 0. The zero-order valence-corrected chi connectivity index (χ0v) is 46.4. The van der Waals surface area contributed by atoms with Crippen LogP contribution < -0.4 is 5.32 Å². The molecular formula is C64H115NO5. The van der Waals surface area contributed by atoms with E-state index in [1.165, 1.54) is 154 Å². The number of rotatable bonds is 54. The molecule has 0 radical (unpaired) electrons. The Kier molecular flexibility index (Phi) is 55.0. The van der Waals surface area contributed by atoms with Gasteiger partial charge in [-0.05, 0) is 96.3 Å². The number of allylic oxidation sites excluding steroid dienone is 12. The lowest BCUT2D eigenvalue weighted by molar-refractivity contribution is -0.151. The monoisotopic (exact) mass is 978 g/mol. The number of nitrogens with one attached hydrogen (secondary N) is 1. The van der Waals surface area contributed by atoms with Crippen molar-refractivity contribution in [3.63, 3.8) is 0 Å². The largest absolute Gasteiger partial charge is 0.462 e. The van der Waals surface area contributed by atoms with Gasteiger partial charge in [-0.15, -0.1) is 0 Å². The minimum absolute atomic E-state index is 0.0451. The minimum atomic E-state index is -0.805. The predicted molar refractivity (Wildman–Crippen MR) is 305 cm³/mol. The molecule has 0 aromatic heterocycles. The van der Waals surface area contributed by atoms with Crippen molar-refractivity contribution in [2.45, 2.75) is 315 Å². The smallest absolute Gasteiger partial charge is 0.306 e. The van der Waals surface area contributed by atoms with Crippen LogP contribution in [0.15, 0.2) is 72.9 Å². The second-order valence-electron chi connectivity index (χ2n) is 20.4. The Morgan fingerprint density at radius 3 is 1.23 bits per heavy atom. The maximum Gasteiger partial charge on any atom is 0.306 e. The fraction of sp³-hybridized carbons (Fsp3) is 0.781. The molecule has 0 saturated carbocycles. The molecule has 0 aromatic rings. The highest BCUT2D eigenvalue weighted by Gasteiger charge is 2.24. The Bertz CT molecular complexity index is 1280. The first kappa shape index (κ1) is 67.3. The topological polar surface area (TPSA) is 95.9 Å². The Morgan fingerprint density at radius 2 is 0.771 bits per heavy atom. The fourth-order valence-electron chi connectivity index (χ4n) is 8.94. The Hall–Kier alpha value is -2.70. The van der Waals surface area contributed by atoms with Gasteiger partial charge in [0.05, 0.1) is 25.2 Å². The van der Waals surface area contributed by atoms with E-state index in [0.717, 1.165) is 96.3 Å². The van der Waals surface area contributed by atoms with Crippen molar-refractivity contribution >= 4 is 11.9 Å². The zero-order chi connectivity index (χ0) is 50.9. The van der Waals surface area contributed by atoms with Crippen LogP contribution in [0.3, 0.4) is 0 Å². The number of aliphatic hydroxyl groups is 2. The van der Waals surface area contributed by atoms with Crippen LogP contribution in [0.4, 0.5) is 0 Å². The number of unbranched alkanes of at least 4 members (excludes halogenated alkanes) is 31. The number of amides is 1. The lowest BCUT2D eigenvalue weighted by Crippen LogP contribution is -2.46. The normalized spacial score (nSPS) is 13.6. The van der Waals surface area contributed by atoms with Crippen LogP contribution >= 0.6 is 0 Å². The molecule has 0 spiro atoms. The maximum absolute atomic E-state index is 13.3. The minimum Gasteiger partial charge on any atom is -0.462 e. The van der Waals surface area contributed by atoms with Gasteiger partial charge in [-0.1, -0.05) is 261 Å². The predicted octanol–water partition coefficient (Wildman–Crippen LogP) is 18.9. The summed E-state index contributed by atoms with van der Waals surface area (Å²) in [5, 5.41) is 23.9. The number of carbonyl (C=O) groups excluding carboxylic acids is 2. The van der Waals surface area contributed by atoms with Crippen molar-refractivity contribution in [2.24, 2.45) is 0 Å². The zero-order valence-electron chi connectivity index (χ0n) is 46.4. The number of ether oxygens (including phenoxy) is 1. The van der Waals surface area contributed by atoms with Crippen LogP contribution in [-0.4, -0.2) is 46.9 Å². The van der Waals surface area contributed by atoms with Crippen LogP contribution in [0, 0.1) is 0 Å². The van der Waals surface area contributed by atoms with Crippen molar-refractivity contribution in [2.75, 3.05) is 6.61 Å². The average Bonchev–Trinajstić information content (AvgIpc) is 3.35. The Morgan fingerprint density at radius 1 is 0.429 bits per heavy atom. The van der Waals surface area contributed by atoms with E-state index in [0.29, 0.717) is 19.3 Å². The quantitative estimate of drug-likeness (QED) is 0.0244. The molecule has 1 amide bonds. The van der Waals surface area contributed by atoms with Crippen molar-refractivity contribution in [3.8, 4) is 0 Å². The van der Waals surface area contributed by atoms with E-state index >= 15 is 0 Å². The molecule has 0 heterocycles. The molecule has 3 N–H and O–H groups in total. The van der Waals surface area contributed by atoms with E-state index in [9.17, 15) is 19.8 Å². The van der Waals surface area contributed by atoms with Crippen molar-refractivity contribution in [1.82, 2.24) is 5.32 Å². The fourth-order valence-corrected chi connectivity index (χ4v) is 8.94. The van der Waals surface area contributed by atoms with E-state index in [-0.39, 0.29) is 24.9 Å². The Balaban J connectivity index is 4.65. The summed E-state index contributed by atoms with van der Waals surface area (Å²) < 4.78 is 5.94. The van der Waals surface area contributed by atoms with Crippen LogP contribution in [-0.2, 0) is 14.3 Å². The number of hydrogen-bond acceptors (Lipinski definition) is 5. The maximum atomic E-state index is 13.3. The number of carbonyl (C=O) groups is 2. The third-order valence-corrected chi connectivity index (χ3v) is 13.5. The average molecular weight is 979 g/mol. The molecule has 0 rings (SSSR count). The van der Waals surface area contributed by atoms with E-state index in [1.54, 1.807) is 0 Å². The first-order valence-corrected chi connectivity index (χ1v) is 30.2. The highest BCUT2D eigenvalue weighted by atomic mass is 16.5. The van der Waals surface area contributed by atoms with Gasteiger partial charge in [-0.3, -0.25) is 9.59 Å². The molecule has 70 heavy (non-hydrogen) atoms. The lowest BCUT2D eigenvalue weighted by atomic mass is 10.0. The van der Waals surface area contributed by atoms with Gasteiger partial charge in [0.1, 0.15) is 6.10 Å². The van der Waals surface area contributed by atoms with Gasteiger partial charge in [0.15, 0.2) is 0 Å². The molecule has 0 aromatic carbocycles. The molecule has 6 nitrogen and oxygen atoms in total. The van der Waals surface area contributed by atoms with Gasteiger partial charge < -0.3 is 20.3 Å². The van der Waals surface area contributed by atoms with Gasteiger partial charge in [0.25, 0.3) is 0 Å². The molecule has 0 aliphatic rings. The first-order chi connectivity index (χ1) is 34.5. The summed E-state index contributed by atoms with van der Waals surface area (Å²) in [5.74, 6) is -0.530. The molecule has 0 fully saturated rings. The third kappa shape index (κ3) is 51.6. The molecule has 0 aliphatic heterocycles. The van der Waals surface area contributed by atoms with Crippen LogP contribution in [0.5, 0.6) is 0 Å². The number of hydrogen-bond donors (Lipinski definition) is 3. The van der Waals surface area contributed by atoms with Crippen molar-refractivity contribution < 1.29 is 24.5 Å². The molecule has 0 aliphatic carbocycles. The molecule has 3 atom stereocenters. The summed E-state index contributed by atoms with van der Waals surface area (Å²) in [4.78, 5) is 26.3. The summed E-state index contributed by atoms with van der Waals surface area (Å²) in [6.45, 7) is 6.46. The van der Waals surface area contributed by atoms with Gasteiger partial charge in [0.2, 0.25) is 5.91 Å². The standard InChI is InChI=1S/C64H115NO5/c1-4-7-10-13-16-19-22-25-28-31-32-33-36-39-42-45-48-51-54-57-64(69)70-60(55-52-49-46-43-40-37-34-29-26-23-20-17-14-11-8-5-2)58-63(68)65-61(59-66)62(67)56-53-50-47-44-41-38-35-30-27-24-21-18-15-12-9-6-3/h16,19,25,28-29,32-34,37,39-40,42,60-62,66-67H,4-15,17-18,20-24,26-27,30-31,35-36,38,41,43-59H2,1-3H3,(H,65,68)/b19-16-,28-25-,33-32-,34-29+,40-37+,42-39-. The van der Waals surface area contributed by atoms with Crippen LogP contribution in [0.2, 0.25) is 0 Å². The van der Waals surface area contributed by atoms with E-state index in [2.05, 4.69) is 99.0 Å². The molecule has 0 bridgehead atoms. The summed E-state index contributed by atoms with van der Waals surface area (Å²) >= 11 is 0. The summed E-state index contributed by atoms with van der Waals surface area (Å²) in [6.07, 6.45) is 73.9. The highest BCUT2D eigenvalue weighted by molar-refractivity contribution is 5.77. The van der Waals surface area contributed by atoms with Gasteiger partial charge in [-0.2, -0.15) is 0 Å². The molecular weight excluding hydrogens is 863 g/mol. The third-order valence-electron chi connectivity index (χ3n) is 13.5. The molecule has 6 heteroatoms. The first-order valence-electron chi connectivity index (χ1n) is 30.2. The summed E-state index contributed by atoms with van der Waals surface area (Å²) in [6, 6.07) is -0.721. The lowest BCUT2D eigenvalue weighted by Gasteiger charge is -2.24. The second-order valence-corrected chi connectivity index (χ2v) is 20.4. The van der Waals surface area contributed by atoms with Gasteiger partial charge >= 0.3 is 5.97 Å².